The van der Waals surface area contributed by atoms with Crippen molar-refractivity contribution in [3.05, 3.63) is 22.7 Å². The lowest BCUT2D eigenvalue weighted by Crippen LogP contribution is -2.22. The van der Waals surface area contributed by atoms with Crippen LogP contribution in [0, 0.1) is 0 Å². The standard InChI is InChI=1S/C14H22ClNO3/c1-10(2)16-9-11-7-12(15)8-13(18-3)14(11)19-6-4-5-17/h7-8,10,16-17H,4-6,9H2,1-3H3. The first-order valence-electron chi connectivity index (χ1n) is 6.42. The van der Waals surface area contributed by atoms with E-state index in [4.69, 9.17) is 26.2 Å². The quantitative estimate of drug-likeness (QED) is 0.722. The molecule has 0 radical (unpaired) electrons. The second kappa shape index (κ2) is 8.25. The van der Waals surface area contributed by atoms with Crippen LogP contribution < -0.4 is 14.8 Å². The molecule has 1 aromatic carbocycles. The lowest BCUT2D eigenvalue weighted by Gasteiger charge is -2.17. The van der Waals surface area contributed by atoms with Gasteiger partial charge in [-0.15, -0.1) is 0 Å². The molecule has 0 aliphatic carbocycles. The third kappa shape index (κ3) is 5.27. The third-order valence-corrected chi connectivity index (χ3v) is 2.78. The highest BCUT2D eigenvalue weighted by Gasteiger charge is 2.13. The second-order valence-corrected chi connectivity index (χ2v) is 4.99. The number of hydrogen-bond acceptors (Lipinski definition) is 4. The van der Waals surface area contributed by atoms with Gasteiger partial charge in [0, 0.05) is 42.3 Å². The average Bonchev–Trinajstić information content (AvgIpc) is 2.37. The molecule has 0 bridgehead atoms. The first-order chi connectivity index (χ1) is 9.08. The molecule has 0 fully saturated rings. The van der Waals surface area contributed by atoms with E-state index >= 15 is 0 Å². The summed E-state index contributed by atoms with van der Waals surface area (Å²) in [6.45, 7) is 5.36. The van der Waals surface area contributed by atoms with Crippen molar-refractivity contribution in [1.82, 2.24) is 5.32 Å². The summed E-state index contributed by atoms with van der Waals surface area (Å²) < 4.78 is 11.0. The molecule has 0 aliphatic heterocycles. The summed E-state index contributed by atoms with van der Waals surface area (Å²) in [5.74, 6) is 1.31. The minimum Gasteiger partial charge on any atom is -0.493 e. The molecule has 0 saturated carbocycles. The molecule has 19 heavy (non-hydrogen) atoms. The number of methoxy groups -OCH3 is 1. The van der Waals surface area contributed by atoms with Crippen molar-refractivity contribution in [2.75, 3.05) is 20.3 Å². The molecular weight excluding hydrogens is 266 g/mol. The lowest BCUT2D eigenvalue weighted by molar-refractivity contribution is 0.226. The summed E-state index contributed by atoms with van der Waals surface area (Å²) in [6, 6.07) is 3.97. The van der Waals surface area contributed by atoms with Crippen molar-refractivity contribution in [3.8, 4) is 11.5 Å². The molecule has 0 unspecified atom stereocenters. The molecule has 1 rings (SSSR count). The highest BCUT2D eigenvalue weighted by molar-refractivity contribution is 6.30. The van der Waals surface area contributed by atoms with Gasteiger partial charge in [0.25, 0.3) is 0 Å². The zero-order valence-corrected chi connectivity index (χ0v) is 12.5. The van der Waals surface area contributed by atoms with Crippen LogP contribution in [0.3, 0.4) is 0 Å². The van der Waals surface area contributed by atoms with Gasteiger partial charge < -0.3 is 19.9 Å². The van der Waals surface area contributed by atoms with E-state index in [-0.39, 0.29) is 6.61 Å². The summed E-state index contributed by atoms with van der Waals surface area (Å²) in [4.78, 5) is 0. The number of benzene rings is 1. The first-order valence-corrected chi connectivity index (χ1v) is 6.79. The van der Waals surface area contributed by atoms with E-state index in [1.54, 1.807) is 13.2 Å². The monoisotopic (exact) mass is 287 g/mol. The predicted octanol–water partition coefficient (Wildman–Crippen LogP) is 2.61. The van der Waals surface area contributed by atoms with Gasteiger partial charge in [0.15, 0.2) is 11.5 Å². The molecular formula is C14H22ClNO3. The van der Waals surface area contributed by atoms with E-state index in [0.29, 0.717) is 42.1 Å². The number of nitrogens with one attached hydrogen (secondary N) is 1. The largest absolute Gasteiger partial charge is 0.493 e. The van der Waals surface area contributed by atoms with Crippen LogP contribution in [0.1, 0.15) is 25.8 Å². The van der Waals surface area contributed by atoms with Crippen LogP contribution in [-0.4, -0.2) is 31.5 Å². The van der Waals surface area contributed by atoms with Crippen LogP contribution >= 0.6 is 11.6 Å². The summed E-state index contributed by atoms with van der Waals surface area (Å²) in [5.41, 5.74) is 0.955. The molecule has 4 nitrogen and oxygen atoms in total. The topological polar surface area (TPSA) is 50.7 Å². The van der Waals surface area contributed by atoms with Crippen molar-refractivity contribution in [2.24, 2.45) is 0 Å². The maximum Gasteiger partial charge on any atom is 0.165 e. The van der Waals surface area contributed by atoms with Gasteiger partial charge in [-0.1, -0.05) is 25.4 Å². The maximum absolute atomic E-state index is 8.82. The van der Waals surface area contributed by atoms with Crippen molar-refractivity contribution in [1.29, 1.82) is 0 Å². The van der Waals surface area contributed by atoms with E-state index < -0.39 is 0 Å². The third-order valence-electron chi connectivity index (χ3n) is 2.57. The number of aliphatic hydroxyl groups excluding tert-OH is 1. The van der Waals surface area contributed by atoms with Crippen molar-refractivity contribution >= 4 is 11.6 Å². The Kier molecular flexibility index (Phi) is 6.99. The van der Waals surface area contributed by atoms with Crippen LogP contribution in [0.25, 0.3) is 0 Å². The number of aliphatic hydroxyl groups is 1. The highest BCUT2D eigenvalue weighted by Crippen LogP contribution is 2.34. The number of hydrogen-bond donors (Lipinski definition) is 2. The zero-order chi connectivity index (χ0) is 14.3. The molecule has 0 amide bonds. The SMILES string of the molecule is COc1cc(Cl)cc(CNC(C)C)c1OCCCO. The first kappa shape index (κ1) is 16.1. The summed E-state index contributed by atoms with van der Waals surface area (Å²) in [6.07, 6.45) is 0.586. The maximum atomic E-state index is 8.82. The molecule has 0 spiro atoms. The number of halogens is 1. The van der Waals surface area contributed by atoms with Crippen molar-refractivity contribution in [2.45, 2.75) is 32.9 Å². The van der Waals surface area contributed by atoms with E-state index in [9.17, 15) is 0 Å². The van der Waals surface area contributed by atoms with E-state index in [0.717, 1.165) is 5.56 Å². The second-order valence-electron chi connectivity index (χ2n) is 4.56. The van der Waals surface area contributed by atoms with Gasteiger partial charge in [0.2, 0.25) is 0 Å². The summed E-state index contributed by atoms with van der Waals surface area (Å²) in [7, 11) is 1.59. The molecule has 2 N–H and O–H groups in total. The van der Waals surface area contributed by atoms with Crippen LogP contribution in [0.2, 0.25) is 5.02 Å². The van der Waals surface area contributed by atoms with Crippen LogP contribution in [0.15, 0.2) is 12.1 Å². The molecule has 0 aliphatic rings. The minimum absolute atomic E-state index is 0.107. The normalized spacial score (nSPS) is 10.8. The Balaban J connectivity index is 2.92. The van der Waals surface area contributed by atoms with Crippen LogP contribution in [-0.2, 0) is 6.54 Å². The average molecular weight is 288 g/mol. The van der Waals surface area contributed by atoms with E-state index in [1.165, 1.54) is 0 Å². The fraction of sp³-hybridized carbons (Fsp3) is 0.571. The Hall–Kier alpha value is -0.970. The molecule has 0 aromatic heterocycles. The fourth-order valence-corrected chi connectivity index (χ4v) is 1.85. The number of rotatable bonds is 8. The summed E-state index contributed by atoms with van der Waals surface area (Å²) >= 11 is 6.07. The van der Waals surface area contributed by atoms with Gasteiger partial charge in [-0.25, -0.2) is 0 Å². The van der Waals surface area contributed by atoms with Crippen LogP contribution in [0.4, 0.5) is 0 Å². The zero-order valence-electron chi connectivity index (χ0n) is 11.7. The van der Waals surface area contributed by atoms with Gasteiger partial charge in [-0.05, 0) is 6.07 Å². The summed E-state index contributed by atoms with van der Waals surface area (Å²) in [5, 5.41) is 12.8. The fourth-order valence-electron chi connectivity index (χ4n) is 1.62. The van der Waals surface area contributed by atoms with E-state index in [2.05, 4.69) is 19.2 Å². The van der Waals surface area contributed by atoms with Crippen LogP contribution in [0.5, 0.6) is 11.5 Å². The highest BCUT2D eigenvalue weighted by atomic mass is 35.5. The molecule has 0 heterocycles. The Morgan fingerprint density at radius 3 is 2.68 bits per heavy atom. The molecule has 108 valence electrons. The Labute approximate surface area is 119 Å². The Morgan fingerprint density at radius 1 is 1.37 bits per heavy atom. The number of ether oxygens (including phenoxy) is 2. The molecule has 0 saturated heterocycles. The van der Waals surface area contributed by atoms with Gasteiger partial charge in [-0.3, -0.25) is 0 Å². The van der Waals surface area contributed by atoms with E-state index in [1.807, 2.05) is 6.07 Å². The minimum atomic E-state index is 0.107. The predicted molar refractivity (Wildman–Crippen MR) is 77.2 cm³/mol. The molecule has 1 aromatic rings. The molecule has 5 heteroatoms. The Bertz CT molecular complexity index is 397. The Morgan fingerprint density at radius 2 is 2.11 bits per heavy atom. The van der Waals surface area contributed by atoms with Gasteiger partial charge in [-0.2, -0.15) is 0 Å². The lowest BCUT2D eigenvalue weighted by atomic mass is 10.1. The van der Waals surface area contributed by atoms with Gasteiger partial charge in [0.05, 0.1) is 13.7 Å². The molecule has 0 atom stereocenters. The van der Waals surface area contributed by atoms with Gasteiger partial charge in [0.1, 0.15) is 0 Å². The van der Waals surface area contributed by atoms with Crippen molar-refractivity contribution in [3.63, 3.8) is 0 Å². The van der Waals surface area contributed by atoms with Gasteiger partial charge >= 0.3 is 0 Å². The smallest absolute Gasteiger partial charge is 0.165 e. The van der Waals surface area contributed by atoms with Crippen molar-refractivity contribution < 1.29 is 14.6 Å².